The van der Waals surface area contributed by atoms with E-state index in [1.165, 1.54) is 18.2 Å². The van der Waals surface area contributed by atoms with Gasteiger partial charge in [-0.15, -0.1) is 0 Å². The number of nitrogens with two attached hydrogens (primary N) is 1. The first-order valence-corrected chi connectivity index (χ1v) is 7.09. The Balaban J connectivity index is 1.97. The van der Waals surface area contributed by atoms with E-state index in [0.717, 1.165) is 11.0 Å². The Morgan fingerprint density at radius 2 is 2.08 bits per heavy atom. The largest absolute Gasteiger partial charge is 0.508 e. The van der Waals surface area contributed by atoms with Gasteiger partial charge in [-0.1, -0.05) is 12.1 Å². The number of nitrogens with one attached hydrogen (secondary N) is 1. The second kappa shape index (κ2) is 4.95. The van der Waals surface area contributed by atoms with Crippen molar-refractivity contribution >= 4 is 28.6 Å². The van der Waals surface area contributed by atoms with E-state index in [9.17, 15) is 15.2 Å². The van der Waals surface area contributed by atoms with Crippen LogP contribution in [0.4, 0.5) is 11.6 Å². The van der Waals surface area contributed by atoms with Crippen molar-refractivity contribution in [2.24, 2.45) is 10.7 Å². The summed E-state index contributed by atoms with van der Waals surface area (Å²) in [5.41, 5.74) is 7.45. The van der Waals surface area contributed by atoms with Gasteiger partial charge < -0.3 is 10.8 Å². The number of anilines is 1. The molecule has 1 aromatic heterocycles. The van der Waals surface area contributed by atoms with Crippen molar-refractivity contribution in [2.45, 2.75) is 6.17 Å². The predicted molar refractivity (Wildman–Crippen MR) is 87.9 cm³/mol. The molecular weight excluding hydrogens is 312 g/mol. The average molecular weight is 324 g/mol. The van der Waals surface area contributed by atoms with Crippen molar-refractivity contribution in [3.05, 3.63) is 58.1 Å². The van der Waals surface area contributed by atoms with E-state index in [0.29, 0.717) is 5.95 Å². The van der Waals surface area contributed by atoms with Crippen LogP contribution in [0.15, 0.2) is 47.5 Å². The molecule has 1 aliphatic rings. The van der Waals surface area contributed by atoms with Crippen molar-refractivity contribution < 1.29 is 10.0 Å². The van der Waals surface area contributed by atoms with Crippen molar-refractivity contribution in [3.8, 4) is 5.75 Å². The molecule has 4 rings (SSSR count). The Hall–Kier alpha value is -3.62. The second-order valence-corrected chi connectivity index (χ2v) is 5.31. The summed E-state index contributed by atoms with van der Waals surface area (Å²) in [6.07, 6.45) is -0.756. The highest BCUT2D eigenvalue weighted by molar-refractivity contribution is 5.94. The van der Waals surface area contributed by atoms with Gasteiger partial charge in [-0.3, -0.25) is 20.0 Å². The molecule has 3 aromatic rings. The fourth-order valence-electron chi connectivity index (χ4n) is 2.79. The number of aromatic hydroxyl groups is 1. The van der Waals surface area contributed by atoms with Gasteiger partial charge in [0.05, 0.1) is 16.0 Å². The zero-order valence-corrected chi connectivity index (χ0v) is 12.2. The number of guanidine groups is 1. The van der Waals surface area contributed by atoms with E-state index in [4.69, 9.17) is 5.73 Å². The van der Waals surface area contributed by atoms with Crippen LogP contribution in [0.3, 0.4) is 0 Å². The van der Waals surface area contributed by atoms with Gasteiger partial charge in [0.25, 0.3) is 5.69 Å². The van der Waals surface area contributed by atoms with Gasteiger partial charge in [0, 0.05) is 17.7 Å². The first-order valence-electron chi connectivity index (χ1n) is 7.09. The molecule has 0 bridgehead atoms. The second-order valence-electron chi connectivity index (χ2n) is 5.31. The summed E-state index contributed by atoms with van der Waals surface area (Å²) >= 11 is 0. The van der Waals surface area contributed by atoms with Crippen LogP contribution in [0.2, 0.25) is 0 Å². The summed E-state index contributed by atoms with van der Waals surface area (Å²) in [7, 11) is 0. The van der Waals surface area contributed by atoms with Gasteiger partial charge in [-0.25, -0.2) is 9.98 Å². The lowest BCUT2D eigenvalue weighted by Gasteiger charge is -2.24. The molecule has 0 unspecified atom stereocenters. The Kier molecular flexibility index (Phi) is 2.89. The lowest BCUT2D eigenvalue weighted by molar-refractivity contribution is -0.385. The van der Waals surface area contributed by atoms with Gasteiger partial charge in [0.1, 0.15) is 5.75 Å². The number of imidazole rings is 1. The number of fused-ring (bicyclic) bond motifs is 3. The fraction of sp³-hybridized carbons (Fsp3) is 0.0667. The lowest BCUT2D eigenvalue weighted by Crippen LogP contribution is -2.31. The fourth-order valence-corrected chi connectivity index (χ4v) is 2.79. The van der Waals surface area contributed by atoms with Crippen LogP contribution in [0.5, 0.6) is 5.75 Å². The van der Waals surface area contributed by atoms with E-state index in [-0.39, 0.29) is 23.0 Å². The molecule has 0 aliphatic carbocycles. The predicted octanol–water partition coefficient (Wildman–Crippen LogP) is 1.94. The maximum Gasteiger partial charge on any atom is 0.270 e. The number of para-hydroxylation sites is 2. The van der Waals surface area contributed by atoms with Gasteiger partial charge in [-0.05, 0) is 18.2 Å². The van der Waals surface area contributed by atoms with E-state index < -0.39 is 11.1 Å². The zero-order valence-electron chi connectivity index (χ0n) is 12.2. The highest BCUT2D eigenvalue weighted by Gasteiger charge is 2.28. The number of hydrogen-bond donors (Lipinski definition) is 3. The first-order chi connectivity index (χ1) is 11.5. The minimum atomic E-state index is -0.756. The zero-order chi connectivity index (χ0) is 16.8. The van der Waals surface area contributed by atoms with Gasteiger partial charge in [0.15, 0.2) is 12.1 Å². The van der Waals surface area contributed by atoms with E-state index >= 15 is 0 Å². The number of nitrogens with zero attached hydrogens (tertiary/aromatic N) is 4. The Morgan fingerprint density at radius 1 is 1.29 bits per heavy atom. The number of hydrogen-bond acceptors (Lipinski definition) is 7. The summed E-state index contributed by atoms with van der Waals surface area (Å²) in [5.74, 6) is 0.473. The molecule has 0 amide bonds. The normalized spacial score (nSPS) is 16.3. The topological polar surface area (TPSA) is 132 Å². The summed E-state index contributed by atoms with van der Waals surface area (Å²) < 4.78 is 1.74. The number of aliphatic imine (C=N–C) groups is 1. The van der Waals surface area contributed by atoms with Crippen LogP contribution in [0, 0.1) is 10.1 Å². The number of benzene rings is 2. The molecule has 9 heteroatoms. The summed E-state index contributed by atoms with van der Waals surface area (Å²) in [5, 5.41) is 24.1. The minimum Gasteiger partial charge on any atom is -0.508 e. The van der Waals surface area contributed by atoms with Crippen molar-refractivity contribution in [3.63, 3.8) is 0 Å². The van der Waals surface area contributed by atoms with Crippen LogP contribution in [-0.4, -0.2) is 25.5 Å². The van der Waals surface area contributed by atoms with Gasteiger partial charge in [-0.2, -0.15) is 0 Å². The lowest BCUT2D eigenvalue weighted by atomic mass is 10.1. The molecule has 120 valence electrons. The Morgan fingerprint density at radius 3 is 2.88 bits per heavy atom. The molecule has 0 fully saturated rings. The van der Waals surface area contributed by atoms with E-state index in [1.807, 2.05) is 24.3 Å². The third kappa shape index (κ3) is 2.02. The molecular formula is C15H12N6O3. The number of rotatable bonds is 2. The molecule has 2 heterocycles. The van der Waals surface area contributed by atoms with Crippen molar-refractivity contribution in [1.29, 1.82) is 0 Å². The number of aromatic nitrogens is 2. The van der Waals surface area contributed by atoms with Crippen molar-refractivity contribution in [1.82, 2.24) is 9.55 Å². The van der Waals surface area contributed by atoms with Crippen molar-refractivity contribution in [2.75, 3.05) is 5.32 Å². The molecule has 9 nitrogen and oxygen atoms in total. The molecule has 1 atom stereocenters. The maximum absolute atomic E-state index is 11.1. The third-order valence-electron chi connectivity index (χ3n) is 3.84. The molecule has 0 saturated heterocycles. The van der Waals surface area contributed by atoms with Crippen LogP contribution in [0.25, 0.3) is 11.0 Å². The quantitative estimate of drug-likeness (QED) is 0.487. The number of nitro benzene ring substituents is 1. The number of nitro groups is 1. The molecule has 0 saturated carbocycles. The monoisotopic (exact) mass is 324 g/mol. The molecule has 4 N–H and O–H groups in total. The minimum absolute atomic E-state index is 0.104. The summed E-state index contributed by atoms with van der Waals surface area (Å²) in [4.78, 5) is 19.3. The summed E-state index contributed by atoms with van der Waals surface area (Å²) in [6, 6.07) is 11.2. The molecule has 0 spiro atoms. The Bertz CT molecular complexity index is 1010. The molecule has 2 aromatic carbocycles. The SMILES string of the molecule is NC1=N[C@@H](c2cc([N+](=O)[O-])ccc2O)n2c(nc3ccccc32)N1. The highest BCUT2D eigenvalue weighted by atomic mass is 16.6. The number of phenolic OH excluding ortho intramolecular Hbond substituents is 1. The van der Waals surface area contributed by atoms with Gasteiger partial charge >= 0.3 is 0 Å². The highest BCUT2D eigenvalue weighted by Crippen LogP contribution is 2.37. The number of non-ortho nitro benzene ring substituents is 1. The standard InChI is InChI=1S/C15H12N6O3/c16-14-18-13(9-7-8(21(23)24)5-6-12(9)22)20-11-4-2-1-3-10(11)17-15(20)19-14/h1-7,13,22H,(H3,16,17,18,19)/t13-/m1/s1. The molecule has 24 heavy (non-hydrogen) atoms. The van der Waals surface area contributed by atoms with Gasteiger partial charge in [0.2, 0.25) is 5.95 Å². The van der Waals surface area contributed by atoms with Crippen LogP contribution in [0.1, 0.15) is 11.7 Å². The Labute approximate surface area is 135 Å². The van der Waals surface area contributed by atoms with E-state index in [1.54, 1.807) is 4.57 Å². The van der Waals surface area contributed by atoms with Crippen LogP contribution >= 0.6 is 0 Å². The van der Waals surface area contributed by atoms with Crippen LogP contribution in [-0.2, 0) is 0 Å². The first kappa shape index (κ1) is 14.0. The van der Waals surface area contributed by atoms with E-state index in [2.05, 4.69) is 15.3 Å². The third-order valence-corrected chi connectivity index (χ3v) is 3.84. The average Bonchev–Trinajstić information content (AvgIpc) is 2.92. The number of phenols is 1. The maximum atomic E-state index is 11.1. The molecule has 0 radical (unpaired) electrons. The summed E-state index contributed by atoms with van der Waals surface area (Å²) in [6.45, 7) is 0. The smallest absolute Gasteiger partial charge is 0.270 e. The van der Waals surface area contributed by atoms with Crippen LogP contribution < -0.4 is 11.1 Å². The molecule has 1 aliphatic heterocycles.